The van der Waals surface area contributed by atoms with Gasteiger partial charge in [-0.25, -0.2) is 9.37 Å². The number of hydrogen-bond donors (Lipinski definition) is 0. The molecule has 1 aromatic heterocycles. The van der Waals surface area contributed by atoms with Crippen molar-refractivity contribution in [2.75, 3.05) is 0 Å². The number of para-hydroxylation sites is 2. The van der Waals surface area contributed by atoms with E-state index in [1.807, 2.05) is 28.8 Å². The topological polar surface area (TPSA) is 66.6 Å². The van der Waals surface area contributed by atoms with E-state index < -0.39 is 0 Å². The summed E-state index contributed by atoms with van der Waals surface area (Å²) in [5.41, 5.74) is 11.3. The highest BCUT2D eigenvalue weighted by Crippen LogP contribution is 2.18. The van der Waals surface area contributed by atoms with E-state index in [1.165, 1.54) is 12.1 Å². The van der Waals surface area contributed by atoms with Gasteiger partial charge in [-0.2, -0.15) is 0 Å². The second-order valence-corrected chi connectivity index (χ2v) is 4.62. The highest BCUT2D eigenvalue weighted by Gasteiger charge is 2.10. The SMILES string of the molecule is [N-]=[N+]=NCc1nc2ccccc2n1Cc1ccc(F)cc1. The molecule has 0 radical (unpaired) electrons. The minimum atomic E-state index is -0.261. The molecule has 0 unspecified atom stereocenters. The molecule has 0 aliphatic rings. The molecule has 0 spiro atoms. The molecule has 2 aromatic carbocycles. The van der Waals surface area contributed by atoms with Crippen LogP contribution in [0.3, 0.4) is 0 Å². The van der Waals surface area contributed by atoms with Crippen LogP contribution < -0.4 is 0 Å². The predicted molar refractivity (Wildman–Crippen MR) is 78.1 cm³/mol. The van der Waals surface area contributed by atoms with Gasteiger partial charge >= 0.3 is 0 Å². The zero-order valence-corrected chi connectivity index (χ0v) is 11.1. The Labute approximate surface area is 120 Å². The van der Waals surface area contributed by atoms with Crippen LogP contribution in [0.25, 0.3) is 21.5 Å². The average molecular weight is 281 g/mol. The molecular formula is C15H12FN5. The molecule has 5 nitrogen and oxygen atoms in total. The number of hydrogen-bond acceptors (Lipinski definition) is 2. The van der Waals surface area contributed by atoms with E-state index in [9.17, 15) is 4.39 Å². The van der Waals surface area contributed by atoms with Crippen LogP contribution in [0.4, 0.5) is 4.39 Å². The lowest BCUT2D eigenvalue weighted by Gasteiger charge is -2.08. The lowest BCUT2D eigenvalue weighted by molar-refractivity contribution is 0.626. The predicted octanol–water partition coefficient (Wildman–Crippen LogP) is 4.03. The number of azide groups is 1. The Morgan fingerprint density at radius 2 is 1.90 bits per heavy atom. The fourth-order valence-electron chi connectivity index (χ4n) is 2.29. The smallest absolute Gasteiger partial charge is 0.123 e. The average Bonchev–Trinajstić information content (AvgIpc) is 2.85. The molecule has 0 saturated carbocycles. The molecule has 1 heterocycles. The Bertz CT molecular complexity index is 816. The maximum absolute atomic E-state index is 13.0. The number of halogens is 1. The van der Waals surface area contributed by atoms with E-state index in [4.69, 9.17) is 5.53 Å². The summed E-state index contributed by atoms with van der Waals surface area (Å²) >= 11 is 0. The van der Waals surface area contributed by atoms with Crippen molar-refractivity contribution < 1.29 is 4.39 Å². The molecular weight excluding hydrogens is 269 g/mol. The zero-order valence-electron chi connectivity index (χ0n) is 11.1. The maximum Gasteiger partial charge on any atom is 0.123 e. The van der Waals surface area contributed by atoms with Crippen molar-refractivity contribution in [2.24, 2.45) is 5.11 Å². The number of fused-ring (bicyclic) bond motifs is 1. The summed E-state index contributed by atoms with van der Waals surface area (Å²) in [6.45, 7) is 0.740. The molecule has 104 valence electrons. The first-order chi connectivity index (χ1) is 10.3. The molecule has 0 aliphatic carbocycles. The largest absolute Gasteiger partial charge is 0.323 e. The molecule has 3 aromatic rings. The summed E-state index contributed by atoms with van der Waals surface area (Å²) in [5.74, 6) is 0.432. The quantitative estimate of drug-likeness (QED) is 0.404. The van der Waals surface area contributed by atoms with Gasteiger partial charge in [0.05, 0.1) is 17.6 Å². The monoisotopic (exact) mass is 281 g/mol. The van der Waals surface area contributed by atoms with Crippen molar-refractivity contribution in [3.63, 3.8) is 0 Å². The highest BCUT2D eigenvalue weighted by molar-refractivity contribution is 5.76. The summed E-state index contributed by atoms with van der Waals surface area (Å²) in [4.78, 5) is 7.27. The molecule has 0 N–H and O–H groups in total. The van der Waals surface area contributed by atoms with Crippen molar-refractivity contribution >= 4 is 11.0 Å². The Morgan fingerprint density at radius 3 is 2.67 bits per heavy atom. The van der Waals surface area contributed by atoms with Gasteiger partial charge in [0.25, 0.3) is 0 Å². The molecule has 0 bridgehead atoms. The van der Waals surface area contributed by atoms with Gasteiger partial charge in [-0.3, -0.25) is 0 Å². The first kappa shape index (κ1) is 13.1. The van der Waals surface area contributed by atoms with E-state index in [2.05, 4.69) is 15.0 Å². The lowest BCUT2D eigenvalue weighted by Crippen LogP contribution is -2.04. The second-order valence-electron chi connectivity index (χ2n) is 4.62. The molecule has 0 aliphatic heterocycles. The Morgan fingerprint density at radius 1 is 1.14 bits per heavy atom. The third-order valence-corrected chi connectivity index (χ3v) is 3.26. The van der Waals surface area contributed by atoms with Crippen LogP contribution in [0.1, 0.15) is 11.4 Å². The van der Waals surface area contributed by atoms with Crippen LogP contribution in [0.2, 0.25) is 0 Å². The number of nitrogens with zero attached hydrogens (tertiary/aromatic N) is 5. The Kier molecular flexibility index (Phi) is 3.53. The summed E-state index contributed by atoms with van der Waals surface area (Å²) in [6, 6.07) is 14.1. The number of benzene rings is 2. The minimum Gasteiger partial charge on any atom is -0.323 e. The van der Waals surface area contributed by atoms with Crippen LogP contribution in [-0.2, 0) is 13.1 Å². The van der Waals surface area contributed by atoms with Gasteiger partial charge in [-0.1, -0.05) is 29.4 Å². The van der Waals surface area contributed by atoms with Crippen molar-refractivity contribution in [1.82, 2.24) is 9.55 Å². The standard InChI is InChI=1S/C15H12FN5/c16-12-7-5-11(6-8-12)10-21-14-4-2-1-3-13(14)19-15(21)9-18-20-17/h1-8H,9-10H2. The van der Waals surface area contributed by atoms with E-state index in [-0.39, 0.29) is 12.4 Å². The van der Waals surface area contributed by atoms with Gasteiger partial charge in [0, 0.05) is 11.5 Å². The van der Waals surface area contributed by atoms with Crippen molar-refractivity contribution in [1.29, 1.82) is 0 Å². The van der Waals surface area contributed by atoms with Gasteiger partial charge in [-0.05, 0) is 35.4 Å². The minimum absolute atomic E-state index is 0.187. The van der Waals surface area contributed by atoms with E-state index in [0.717, 1.165) is 16.6 Å². The summed E-state index contributed by atoms with van der Waals surface area (Å²) < 4.78 is 15.0. The summed E-state index contributed by atoms with van der Waals surface area (Å²) in [6.07, 6.45) is 0. The Hall–Kier alpha value is -2.85. The molecule has 0 amide bonds. The maximum atomic E-state index is 13.0. The number of imidazole rings is 1. The molecule has 0 atom stereocenters. The third kappa shape index (κ3) is 2.70. The molecule has 6 heteroatoms. The van der Waals surface area contributed by atoms with Gasteiger partial charge in [0.15, 0.2) is 0 Å². The van der Waals surface area contributed by atoms with Crippen molar-refractivity contribution in [3.05, 3.63) is 76.2 Å². The van der Waals surface area contributed by atoms with E-state index >= 15 is 0 Å². The molecule has 0 fully saturated rings. The molecule has 21 heavy (non-hydrogen) atoms. The molecule has 0 saturated heterocycles. The van der Waals surface area contributed by atoms with Crippen LogP contribution in [0.5, 0.6) is 0 Å². The fraction of sp³-hybridized carbons (Fsp3) is 0.133. The van der Waals surface area contributed by atoms with Gasteiger partial charge in [-0.15, -0.1) is 0 Å². The van der Waals surface area contributed by atoms with E-state index in [1.54, 1.807) is 12.1 Å². The van der Waals surface area contributed by atoms with Crippen molar-refractivity contribution in [2.45, 2.75) is 13.1 Å². The van der Waals surface area contributed by atoms with Crippen LogP contribution in [-0.4, -0.2) is 9.55 Å². The zero-order chi connectivity index (χ0) is 14.7. The van der Waals surface area contributed by atoms with Crippen LogP contribution in [0.15, 0.2) is 53.6 Å². The first-order valence-corrected chi connectivity index (χ1v) is 6.47. The Balaban J connectivity index is 2.05. The van der Waals surface area contributed by atoms with E-state index in [0.29, 0.717) is 12.4 Å². The van der Waals surface area contributed by atoms with Gasteiger partial charge in [0.1, 0.15) is 11.6 Å². The number of aromatic nitrogens is 2. The normalized spacial score (nSPS) is 10.5. The van der Waals surface area contributed by atoms with Crippen LogP contribution >= 0.6 is 0 Å². The third-order valence-electron chi connectivity index (χ3n) is 3.26. The first-order valence-electron chi connectivity index (χ1n) is 6.47. The fourth-order valence-corrected chi connectivity index (χ4v) is 2.29. The van der Waals surface area contributed by atoms with Gasteiger partial charge in [0.2, 0.25) is 0 Å². The number of rotatable bonds is 4. The highest BCUT2D eigenvalue weighted by atomic mass is 19.1. The summed E-state index contributed by atoms with van der Waals surface area (Å²) in [7, 11) is 0. The molecule has 3 rings (SSSR count). The van der Waals surface area contributed by atoms with Crippen molar-refractivity contribution in [3.8, 4) is 0 Å². The second kappa shape index (κ2) is 5.64. The van der Waals surface area contributed by atoms with Gasteiger partial charge < -0.3 is 4.57 Å². The summed E-state index contributed by atoms with van der Waals surface area (Å²) in [5, 5.41) is 3.59. The van der Waals surface area contributed by atoms with Crippen LogP contribution in [0, 0.1) is 5.82 Å². The lowest BCUT2D eigenvalue weighted by atomic mass is 10.2.